The van der Waals surface area contributed by atoms with E-state index in [9.17, 15) is 22.4 Å². The molecule has 0 radical (unpaired) electrons. The zero-order chi connectivity index (χ0) is 31.4. The Morgan fingerprint density at radius 1 is 1.07 bits per heavy atom. The van der Waals surface area contributed by atoms with Crippen molar-refractivity contribution >= 4 is 29.2 Å². The summed E-state index contributed by atoms with van der Waals surface area (Å²) in [5, 5.41) is 7.55. The average molecular weight is 635 g/mol. The fourth-order valence-electron chi connectivity index (χ4n) is 4.50. The minimum absolute atomic E-state index is 0.0310. The van der Waals surface area contributed by atoms with E-state index in [4.69, 9.17) is 9.47 Å². The maximum absolute atomic E-state index is 15.0. The number of fused-ring (bicyclic) bond motifs is 1. The number of rotatable bonds is 10. The third-order valence-electron chi connectivity index (χ3n) is 6.73. The summed E-state index contributed by atoms with van der Waals surface area (Å²) in [5.41, 5.74) is -0.0412. The molecule has 44 heavy (non-hydrogen) atoms. The van der Waals surface area contributed by atoms with Gasteiger partial charge in [0.05, 0.1) is 39.4 Å². The molecule has 0 spiro atoms. The first-order valence-electron chi connectivity index (χ1n) is 13.3. The van der Waals surface area contributed by atoms with Crippen molar-refractivity contribution in [2.45, 2.75) is 29.3 Å². The maximum Gasteiger partial charge on any atom is 0.416 e. The van der Waals surface area contributed by atoms with Crippen molar-refractivity contribution in [1.82, 2.24) is 19.9 Å². The van der Waals surface area contributed by atoms with Gasteiger partial charge in [-0.15, -0.1) is 11.8 Å². The largest absolute Gasteiger partial charge is 0.453 e. The lowest BCUT2D eigenvalue weighted by molar-refractivity contribution is -0.137. The van der Waals surface area contributed by atoms with Gasteiger partial charge in [0.25, 0.3) is 0 Å². The van der Waals surface area contributed by atoms with Crippen LogP contribution in [0.1, 0.15) is 28.0 Å². The highest BCUT2D eigenvalue weighted by Gasteiger charge is 2.32. The van der Waals surface area contributed by atoms with Crippen molar-refractivity contribution in [3.8, 4) is 11.5 Å². The SMILES string of the molecule is COCCNCc1cnc(C2Cc3nccc(Oc4ccc(NC(=O)Nc5cc(C(F)(F)F)ccc5F)cc4F)c3S2)n1C. The Bertz CT molecular complexity index is 1670. The van der Waals surface area contributed by atoms with Crippen LogP contribution in [0, 0.1) is 11.6 Å². The molecule has 2 aromatic heterocycles. The van der Waals surface area contributed by atoms with Gasteiger partial charge in [0.2, 0.25) is 0 Å². The number of imidazole rings is 1. The third-order valence-corrected chi connectivity index (χ3v) is 8.06. The van der Waals surface area contributed by atoms with Crippen molar-refractivity contribution in [2.24, 2.45) is 7.05 Å². The number of urea groups is 1. The van der Waals surface area contributed by atoms with E-state index in [1.54, 1.807) is 19.4 Å². The van der Waals surface area contributed by atoms with Crippen LogP contribution in [0.25, 0.3) is 0 Å². The summed E-state index contributed by atoms with van der Waals surface area (Å²) in [6, 6.07) is 5.80. The molecule has 9 nitrogen and oxygen atoms in total. The van der Waals surface area contributed by atoms with E-state index in [0.717, 1.165) is 28.2 Å². The summed E-state index contributed by atoms with van der Waals surface area (Å²) >= 11 is 1.52. The lowest BCUT2D eigenvalue weighted by atomic mass is 10.2. The molecule has 4 aromatic rings. The molecule has 2 amide bonds. The van der Waals surface area contributed by atoms with Crippen molar-refractivity contribution < 1.29 is 36.2 Å². The number of carbonyl (C=O) groups is 1. The van der Waals surface area contributed by atoms with Crippen molar-refractivity contribution in [3.05, 3.63) is 89.3 Å². The van der Waals surface area contributed by atoms with Crippen LogP contribution in [0.15, 0.2) is 59.8 Å². The fourth-order valence-corrected chi connectivity index (χ4v) is 5.85. The Labute approximate surface area is 253 Å². The number of halogens is 5. The summed E-state index contributed by atoms with van der Waals surface area (Å²) < 4.78 is 80.8. The van der Waals surface area contributed by atoms with Crippen molar-refractivity contribution in [3.63, 3.8) is 0 Å². The maximum atomic E-state index is 15.0. The number of nitrogens with zero attached hydrogens (tertiary/aromatic N) is 3. The van der Waals surface area contributed by atoms with E-state index in [1.807, 2.05) is 23.1 Å². The van der Waals surface area contributed by atoms with Gasteiger partial charge in [-0.2, -0.15) is 13.2 Å². The monoisotopic (exact) mass is 634 g/mol. The number of ether oxygens (including phenoxy) is 2. The number of hydrogen-bond acceptors (Lipinski definition) is 7. The molecule has 5 rings (SSSR count). The first-order valence-corrected chi connectivity index (χ1v) is 14.2. The molecule has 0 aliphatic carbocycles. The van der Waals surface area contributed by atoms with Gasteiger partial charge in [-0.1, -0.05) is 0 Å². The standard InChI is InChI=1S/C29H27F5N6O3S/c1-40-18(14-35-9-10-42-2)15-37-27(40)25-13-22-26(44-25)24(7-8-36-22)43-23-6-4-17(12-20(23)31)38-28(41)39-21-11-16(29(32,33)34)3-5-19(21)30/h3-8,11-12,15,25,35H,9-10,13-14H2,1-2H3,(H2,38,39,41). The smallest absolute Gasteiger partial charge is 0.416 e. The highest BCUT2D eigenvalue weighted by atomic mass is 32.2. The predicted octanol–water partition coefficient (Wildman–Crippen LogP) is 6.67. The molecule has 0 saturated heterocycles. The van der Waals surface area contributed by atoms with Crippen LogP contribution in [0.4, 0.5) is 38.1 Å². The van der Waals surface area contributed by atoms with Gasteiger partial charge in [0.1, 0.15) is 17.4 Å². The van der Waals surface area contributed by atoms with Crippen LogP contribution in [0.2, 0.25) is 0 Å². The number of alkyl halides is 3. The zero-order valence-electron chi connectivity index (χ0n) is 23.5. The minimum Gasteiger partial charge on any atom is -0.453 e. The van der Waals surface area contributed by atoms with E-state index in [1.165, 1.54) is 23.9 Å². The number of carbonyl (C=O) groups excluding carboxylic acids is 1. The zero-order valence-corrected chi connectivity index (χ0v) is 24.3. The summed E-state index contributed by atoms with van der Waals surface area (Å²) in [5.74, 6) is -0.735. The molecule has 1 aliphatic heterocycles. The molecular formula is C29H27F5N6O3S. The third kappa shape index (κ3) is 7.11. The Kier molecular flexibility index (Phi) is 9.36. The Balaban J connectivity index is 1.24. The number of nitrogens with one attached hydrogen (secondary N) is 3. The second-order valence-electron chi connectivity index (χ2n) is 9.75. The molecule has 232 valence electrons. The van der Waals surface area contributed by atoms with Gasteiger partial charge in [-0.25, -0.2) is 18.6 Å². The van der Waals surface area contributed by atoms with Crippen LogP contribution in [0.3, 0.4) is 0 Å². The molecule has 1 unspecified atom stereocenters. The van der Waals surface area contributed by atoms with Gasteiger partial charge in [0.15, 0.2) is 11.6 Å². The number of amides is 2. The molecule has 0 bridgehead atoms. The topological polar surface area (TPSA) is 102 Å². The quantitative estimate of drug-likeness (QED) is 0.132. The van der Waals surface area contributed by atoms with E-state index < -0.39 is 35.1 Å². The second-order valence-corrected chi connectivity index (χ2v) is 11.0. The van der Waals surface area contributed by atoms with E-state index >= 15 is 4.39 Å². The molecule has 0 fully saturated rings. The normalized spacial score (nSPS) is 14.4. The first kappa shape index (κ1) is 31.2. The number of thioether (sulfide) groups is 1. The molecule has 15 heteroatoms. The van der Waals surface area contributed by atoms with Crippen LogP contribution in [-0.2, 0) is 30.9 Å². The number of pyridine rings is 1. The first-order chi connectivity index (χ1) is 21.0. The molecule has 2 aromatic carbocycles. The Morgan fingerprint density at radius 2 is 1.89 bits per heavy atom. The van der Waals surface area contributed by atoms with Gasteiger partial charge in [-0.3, -0.25) is 4.98 Å². The lowest BCUT2D eigenvalue weighted by Gasteiger charge is -2.13. The van der Waals surface area contributed by atoms with Gasteiger partial charge in [0, 0.05) is 63.9 Å². The molecule has 1 aliphatic rings. The van der Waals surface area contributed by atoms with E-state index in [0.29, 0.717) is 50.1 Å². The summed E-state index contributed by atoms with van der Waals surface area (Å²) in [6.45, 7) is 1.95. The lowest BCUT2D eigenvalue weighted by Crippen LogP contribution is -2.20. The van der Waals surface area contributed by atoms with Crippen LogP contribution >= 0.6 is 11.8 Å². The van der Waals surface area contributed by atoms with Gasteiger partial charge < -0.3 is 30.0 Å². The Morgan fingerprint density at radius 3 is 2.64 bits per heavy atom. The number of aromatic nitrogens is 3. The molecule has 3 N–H and O–H groups in total. The number of hydrogen-bond donors (Lipinski definition) is 3. The van der Waals surface area contributed by atoms with Crippen LogP contribution in [-0.4, -0.2) is 40.8 Å². The van der Waals surface area contributed by atoms with Crippen molar-refractivity contribution in [2.75, 3.05) is 30.9 Å². The van der Waals surface area contributed by atoms with Crippen molar-refractivity contribution in [1.29, 1.82) is 0 Å². The fraction of sp³-hybridized carbons (Fsp3) is 0.276. The number of anilines is 2. The number of benzene rings is 2. The van der Waals surface area contributed by atoms with Gasteiger partial charge >= 0.3 is 12.2 Å². The summed E-state index contributed by atoms with van der Waals surface area (Å²) in [7, 11) is 3.60. The minimum atomic E-state index is -4.72. The molecule has 3 heterocycles. The molecule has 1 atom stereocenters. The van der Waals surface area contributed by atoms with E-state index in [-0.39, 0.29) is 16.7 Å². The summed E-state index contributed by atoms with van der Waals surface area (Å²) in [6.07, 6.45) is -0.723. The predicted molar refractivity (Wildman–Crippen MR) is 154 cm³/mol. The highest BCUT2D eigenvalue weighted by Crippen LogP contribution is 2.50. The van der Waals surface area contributed by atoms with Crippen LogP contribution < -0.4 is 20.7 Å². The summed E-state index contributed by atoms with van der Waals surface area (Å²) in [4.78, 5) is 22.2. The van der Waals surface area contributed by atoms with Crippen LogP contribution in [0.5, 0.6) is 11.5 Å². The number of methoxy groups -OCH3 is 1. The van der Waals surface area contributed by atoms with E-state index in [2.05, 4.69) is 20.6 Å². The molecular weight excluding hydrogens is 607 g/mol. The van der Waals surface area contributed by atoms with Gasteiger partial charge in [-0.05, 0) is 30.3 Å². The second kappa shape index (κ2) is 13.2. The average Bonchev–Trinajstić information content (AvgIpc) is 3.57. The Hall–Kier alpha value is -4.21. The molecule has 0 saturated carbocycles. The highest BCUT2D eigenvalue weighted by molar-refractivity contribution is 8.00.